The second-order valence-electron chi connectivity index (χ2n) is 4.41. The van der Waals surface area contributed by atoms with Crippen molar-refractivity contribution in [3.05, 3.63) is 18.2 Å². The van der Waals surface area contributed by atoms with Crippen LogP contribution in [0, 0.1) is 11.8 Å². The summed E-state index contributed by atoms with van der Waals surface area (Å²) in [6.07, 6.45) is 3.88. The number of imidazole rings is 1. The fourth-order valence-corrected chi connectivity index (χ4v) is 1.72. The minimum Gasteiger partial charge on any atom is -0.476 e. The van der Waals surface area contributed by atoms with E-state index in [2.05, 4.69) is 17.2 Å². The highest BCUT2D eigenvalue weighted by Gasteiger charge is 2.38. The quantitative estimate of drug-likeness (QED) is 0.774. The first-order valence-electron chi connectivity index (χ1n) is 5.60. The average Bonchev–Trinajstić information content (AvgIpc) is 2.82. The average molecular weight is 237 g/mol. The molecule has 6 nitrogen and oxygen atoms in total. The van der Waals surface area contributed by atoms with Crippen molar-refractivity contribution >= 4 is 11.9 Å². The summed E-state index contributed by atoms with van der Waals surface area (Å²) >= 11 is 0. The van der Waals surface area contributed by atoms with Crippen LogP contribution in [-0.2, 0) is 11.3 Å². The number of carbonyl (C=O) groups is 2. The summed E-state index contributed by atoms with van der Waals surface area (Å²) < 4.78 is 1.65. The minimum absolute atomic E-state index is 0.0205. The molecule has 92 valence electrons. The van der Waals surface area contributed by atoms with E-state index in [4.69, 9.17) is 5.11 Å². The van der Waals surface area contributed by atoms with Crippen molar-refractivity contribution in [1.82, 2.24) is 14.9 Å². The molecule has 0 spiro atoms. The van der Waals surface area contributed by atoms with E-state index < -0.39 is 5.97 Å². The highest BCUT2D eigenvalue weighted by molar-refractivity contribution is 5.84. The van der Waals surface area contributed by atoms with Crippen LogP contribution in [0.1, 0.15) is 23.8 Å². The predicted octanol–water partition coefficient (Wildman–Crippen LogP) is 0.353. The van der Waals surface area contributed by atoms with Crippen molar-refractivity contribution in [3.8, 4) is 0 Å². The molecule has 2 rings (SSSR count). The predicted molar refractivity (Wildman–Crippen MR) is 59.5 cm³/mol. The molecule has 6 heteroatoms. The van der Waals surface area contributed by atoms with E-state index in [0.717, 1.165) is 6.42 Å². The number of carbonyl (C=O) groups excluding carboxylic acids is 1. The molecule has 1 aliphatic carbocycles. The molecule has 17 heavy (non-hydrogen) atoms. The van der Waals surface area contributed by atoms with Gasteiger partial charge in [0.25, 0.3) is 0 Å². The molecule has 2 unspecified atom stereocenters. The van der Waals surface area contributed by atoms with Gasteiger partial charge in [-0.15, -0.1) is 0 Å². The molecule has 0 aliphatic heterocycles. The largest absolute Gasteiger partial charge is 0.476 e. The number of carboxylic acids is 1. The van der Waals surface area contributed by atoms with Crippen molar-refractivity contribution in [1.29, 1.82) is 0 Å². The SMILES string of the molecule is CC1CC1C(=O)NCCn1cnc(C(=O)O)c1. The van der Waals surface area contributed by atoms with Gasteiger partial charge in [-0.1, -0.05) is 6.92 Å². The Morgan fingerprint density at radius 1 is 1.65 bits per heavy atom. The molecule has 1 saturated carbocycles. The Hall–Kier alpha value is -1.85. The molecule has 2 atom stereocenters. The molecule has 1 aliphatic rings. The van der Waals surface area contributed by atoms with Crippen LogP contribution in [0.25, 0.3) is 0 Å². The van der Waals surface area contributed by atoms with Crippen LogP contribution in [0.15, 0.2) is 12.5 Å². The van der Waals surface area contributed by atoms with E-state index >= 15 is 0 Å². The van der Waals surface area contributed by atoms with Crippen LogP contribution in [0.2, 0.25) is 0 Å². The first kappa shape index (κ1) is 11.6. The minimum atomic E-state index is -1.04. The molecule has 1 amide bonds. The normalized spacial score (nSPS) is 22.2. The fourth-order valence-electron chi connectivity index (χ4n) is 1.72. The second-order valence-corrected chi connectivity index (χ2v) is 4.41. The topological polar surface area (TPSA) is 84.2 Å². The van der Waals surface area contributed by atoms with Gasteiger partial charge in [0.05, 0.1) is 6.33 Å². The van der Waals surface area contributed by atoms with Gasteiger partial charge in [-0.2, -0.15) is 0 Å². The Balaban J connectivity index is 1.74. The second kappa shape index (κ2) is 4.57. The number of hydrogen-bond acceptors (Lipinski definition) is 3. The lowest BCUT2D eigenvalue weighted by atomic mass is 10.3. The highest BCUT2D eigenvalue weighted by atomic mass is 16.4. The van der Waals surface area contributed by atoms with Crippen molar-refractivity contribution in [2.24, 2.45) is 11.8 Å². The molecule has 1 fully saturated rings. The van der Waals surface area contributed by atoms with Gasteiger partial charge in [-0.25, -0.2) is 9.78 Å². The molecular weight excluding hydrogens is 222 g/mol. The molecular formula is C11H15N3O3. The number of nitrogens with one attached hydrogen (secondary N) is 1. The summed E-state index contributed by atoms with van der Waals surface area (Å²) in [5, 5.41) is 11.5. The number of amides is 1. The smallest absolute Gasteiger partial charge is 0.356 e. The first-order chi connectivity index (χ1) is 8.08. The first-order valence-corrected chi connectivity index (χ1v) is 5.60. The number of rotatable bonds is 5. The van der Waals surface area contributed by atoms with Crippen LogP contribution in [0.5, 0.6) is 0 Å². The fraction of sp³-hybridized carbons (Fsp3) is 0.545. The monoisotopic (exact) mass is 237 g/mol. The van der Waals surface area contributed by atoms with Crippen molar-refractivity contribution in [3.63, 3.8) is 0 Å². The summed E-state index contributed by atoms with van der Waals surface area (Å²) in [6, 6.07) is 0. The number of carboxylic acid groups (broad SMARTS) is 1. The van der Waals surface area contributed by atoms with E-state index in [9.17, 15) is 9.59 Å². The van der Waals surface area contributed by atoms with Crippen LogP contribution in [0.4, 0.5) is 0 Å². The lowest BCUT2D eigenvalue weighted by Crippen LogP contribution is -2.28. The van der Waals surface area contributed by atoms with Crippen LogP contribution in [-0.4, -0.2) is 33.1 Å². The summed E-state index contributed by atoms with van der Waals surface area (Å²) in [7, 11) is 0. The van der Waals surface area contributed by atoms with Gasteiger partial charge in [0, 0.05) is 25.2 Å². The summed E-state index contributed by atoms with van der Waals surface area (Å²) in [5.74, 6) is -0.273. The molecule has 0 bridgehead atoms. The zero-order chi connectivity index (χ0) is 12.4. The summed E-state index contributed by atoms with van der Waals surface area (Å²) in [4.78, 5) is 25.8. The Kier molecular flexibility index (Phi) is 3.12. The summed E-state index contributed by atoms with van der Waals surface area (Å²) in [5.41, 5.74) is 0.0205. The van der Waals surface area contributed by atoms with Gasteiger partial charge >= 0.3 is 5.97 Å². The van der Waals surface area contributed by atoms with Crippen LogP contribution in [0.3, 0.4) is 0 Å². The Morgan fingerprint density at radius 3 is 2.88 bits per heavy atom. The number of aromatic nitrogens is 2. The third-order valence-electron chi connectivity index (χ3n) is 2.97. The van der Waals surface area contributed by atoms with Gasteiger partial charge in [0.1, 0.15) is 0 Å². The third-order valence-corrected chi connectivity index (χ3v) is 2.97. The van der Waals surface area contributed by atoms with Gasteiger partial charge in [-0.3, -0.25) is 4.79 Å². The number of nitrogens with zero attached hydrogens (tertiary/aromatic N) is 2. The lowest BCUT2D eigenvalue weighted by molar-refractivity contribution is -0.122. The number of aromatic carboxylic acids is 1. The van der Waals surface area contributed by atoms with E-state index in [1.54, 1.807) is 4.57 Å². The Labute approximate surface area is 98.7 Å². The molecule has 1 aromatic heterocycles. The van der Waals surface area contributed by atoms with E-state index in [1.807, 2.05) is 0 Å². The molecule has 0 aromatic carbocycles. The third kappa shape index (κ3) is 2.83. The lowest BCUT2D eigenvalue weighted by Gasteiger charge is -2.04. The van der Waals surface area contributed by atoms with Crippen LogP contribution < -0.4 is 5.32 Å². The van der Waals surface area contributed by atoms with Gasteiger partial charge in [-0.05, 0) is 12.3 Å². The molecule has 1 aromatic rings. The van der Waals surface area contributed by atoms with E-state index in [1.165, 1.54) is 12.5 Å². The highest BCUT2D eigenvalue weighted by Crippen LogP contribution is 2.37. The van der Waals surface area contributed by atoms with Crippen molar-refractivity contribution in [2.45, 2.75) is 19.9 Å². The molecule has 0 saturated heterocycles. The maximum absolute atomic E-state index is 11.5. The molecule has 0 radical (unpaired) electrons. The maximum atomic E-state index is 11.5. The standard InChI is InChI=1S/C11H15N3O3/c1-7-4-8(7)10(15)12-2-3-14-5-9(11(16)17)13-6-14/h5-8H,2-4H2,1H3,(H,12,15)(H,16,17). The maximum Gasteiger partial charge on any atom is 0.356 e. The van der Waals surface area contributed by atoms with Gasteiger partial charge in [0.15, 0.2) is 5.69 Å². The summed E-state index contributed by atoms with van der Waals surface area (Å²) in [6.45, 7) is 3.09. The molecule has 1 heterocycles. The van der Waals surface area contributed by atoms with Gasteiger partial charge in [0.2, 0.25) is 5.91 Å². The number of hydrogen-bond donors (Lipinski definition) is 2. The Morgan fingerprint density at radius 2 is 2.35 bits per heavy atom. The van der Waals surface area contributed by atoms with E-state index in [0.29, 0.717) is 19.0 Å². The van der Waals surface area contributed by atoms with Crippen molar-refractivity contribution < 1.29 is 14.7 Å². The molecule has 2 N–H and O–H groups in total. The van der Waals surface area contributed by atoms with E-state index in [-0.39, 0.29) is 17.5 Å². The van der Waals surface area contributed by atoms with Crippen LogP contribution >= 0.6 is 0 Å². The van der Waals surface area contributed by atoms with Gasteiger partial charge < -0.3 is 15.0 Å². The Bertz CT molecular complexity index is 441. The zero-order valence-electron chi connectivity index (χ0n) is 9.59. The zero-order valence-corrected chi connectivity index (χ0v) is 9.59. The van der Waals surface area contributed by atoms with Crippen molar-refractivity contribution in [2.75, 3.05) is 6.54 Å².